The van der Waals surface area contributed by atoms with Crippen LogP contribution in [0.2, 0.25) is 0 Å². The summed E-state index contributed by atoms with van der Waals surface area (Å²) in [5.74, 6) is -1.62. The lowest BCUT2D eigenvalue weighted by atomic mass is 10.2. The Morgan fingerprint density at radius 2 is 1.89 bits per heavy atom. The Kier molecular flexibility index (Phi) is 6.60. The molecule has 144 valence electrons. The molecule has 2 aromatic rings. The van der Waals surface area contributed by atoms with Gasteiger partial charge in [-0.05, 0) is 99.4 Å². The normalized spacial score (nSPS) is 15.4. The third kappa shape index (κ3) is 4.84. The number of benzene rings is 2. The number of amides is 3. The van der Waals surface area contributed by atoms with Crippen molar-refractivity contribution in [2.45, 2.75) is 0 Å². The molecule has 1 aliphatic heterocycles. The molecule has 0 atom stereocenters. The minimum Gasteiger partial charge on any atom is -0.506 e. The number of rotatable bonds is 4. The predicted octanol–water partition coefficient (Wildman–Crippen LogP) is 4.42. The first-order valence-corrected chi connectivity index (χ1v) is 10.7. The summed E-state index contributed by atoms with van der Waals surface area (Å²) in [5, 5.41) is 12.1. The van der Waals surface area contributed by atoms with E-state index in [2.05, 4.69) is 27.9 Å². The molecule has 28 heavy (non-hydrogen) atoms. The lowest BCUT2D eigenvalue weighted by molar-refractivity contribution is -0.127. The van der Waals surface area contributed by atoms with Gasteiger partial charge in [0.05, 0.1) is 8.48 Å². The molecule has 3 amide bonds. The SMILES string of the molecule is O=C(CN1C(=O)S/C(=C\c2cc(I)cc(I)c2O)C1=O)Nc1ccc(F)cc1. The highest BCUT2D eigenvalue weighted by molar-refractivity contribution is 14.1. The number of carbonyl (C=O) groups excluding carboxylic acids is 3. The van der Waals surface area contributed by atoms with Crippen LogP contribution in [0.15, 0.2) is 41.3 Å². The topological polar surface area (TPSA) is 86.7 Å². The van der Waals surface area contributed by atoms with Crippen molar-refractivity contribution >= 4 is 85.8 Å². The molecule has 1 fully saturated rings. The molecule has 1 aliphatic rings. The maximum Gasteiger partial charge on any atom is 0.294 e. The Morgan fingerprint density at radius 1 is 1.21 bits per heavy atom. The highest BCUT2D eigenvalue weighted by Gasteiger charge is 2.36. The van der Waals surface area contributed by atoms with Crippen LogP contribution in [0, 0.1) is 13.0 Å². The summed E-state index contributed by atoms with van der Waals surface area (Å²) in [5.41, 5.74) is 0.768. The molecule has 0 saturated carbocycles. The predicted molar refractivity (Wildman–Crippen MR) is 121 cm³/mol. The second-order valence-electron chi connectivity index (χ2n) is 5.65. The smallest absolute Gasteiger partial charge is 0.294 e. The summed E-state index contributed by atoms with van der Waals surface area (Å²) < 4.78 is 14.4. The van der Waals surface area contributed by atoms with E-state index in [1.165, 1.54) is 30.3 Å². The zero-order chi connectivity index (χ0) is 20.4. The Labute approximate surface area is 190 Å². The van der Waals surface area contributed by atoms with Gasteiger partial charge in [-0.15, -0.1) is 0 Å². The third-order valence-electron chi connectivity index (χ3n) is 3.65. The zero-order valence-corrected chi connectivity index (χ0v) is 19.0. The van der Waals surface area contributed by atoms with Crippen LogP contribution in [-0.2, 0) is 9.59 Å². The number of anilines is 1. The van der Waals surface area contributed by atoms with Gasteiger partial charge in [-0.3, -0.25) is 19.3 Å². The number of hydrogen-bond donors (Lipinski definition) is 2. The number of nitrogens with one attached hydrogen (secondary N) is 1. The van der Waals surface area contributed by atoms with E-state index >= 15 is 0 Å². The van der Waals surface area contributed by atoms with Crippen molar-refractivity contribution in [3.05, 3.63) is 59.8 Å². The molecule has 6 nitrogen and oxygen atoms in total. The maximum absolute atomic E-state index is 12.9. The number of halogens is 3. The Bertz CT molecular complexity index is 1010. The third-order valence-corrected chi connectivity index (χ3v) is 6.00. The summed E-state index contributed by atoms with van der Waals surface area (Å²) in [6, 6.07) is 8.60. The van der Waals surface area contributed by atoms with E-state index in [4.69, 9.17) is 0 Å². The van der Waals surface area contributed by atoms with Crippen LogP contribution < -0.4 is 5.32 Å². The molecule has 10 heteroatoms. The molecule has 2 aromatic carbocycles. The maximum atomic E-state index is 12.9. The van der Waals surface area contributed by atoms with Crippen molar-refractivity contribution in [1.82, 2.24) is 4.90 Å². The average molecular weight is 624 g/mol. The molecule has 0 aromatic heterocycles. The fraction of sp³-hybridized carbons (Fsp3) is 0.0556. The van der Waals surface area contributed by atoms with Gasteiger partial charge in [0, 0.05) is 14.8 Å². The molecule has 1 heterocycles. The summed E-state index contributed by atoms with van der Waals surface area (Å²) in [6.45, 7) is -0.463. The fourth-order valence-corrected chi connectivity index (χ4v) is 5.07. The van der Waals surface area contributed by atoms with Gasteiger partial charge < -0.3 is 10.4 Å². The Morgan fingerprint density at radius 3 is 2.57 bits per heavy atom. The van der Waals surface area contributed by atoms with Gasteiger partial charge in [-0.25, -0.2) is 4.39 Å². The standard InChI is InChI=1S/C18H11FI2N2O4S/c19-10-1-3-12(4-2-10)22-15(24)8-23-17(26)14(28-18(23)27)6-9-5-11(20)7-13(21)16(9)25/h1-7,25H,8H2,(H,22,24)/b14-6-. The molecule has 0 spiro atoms. The van der Waals surface area contributed by atoms with Crippen molar-refractivity contribution in [3.63, 3.8) is 0 Å². The minimum absolute atomic E-state index is 0.0156. The number of hydrogen-bond acceptors (Lipinski definition) is 5. The molecule has 0 bridgehead atoms. The first-order valence-electron chi connectivity index (χ1n) is 7.73. The van der Waals surface area contributed by atoms with Crippen LogP contribution in [0.4, 0.5) is 14.9 Å². The van der Waals surface area contributed by atoms with E-state index in [1.807, 2.05) is 22.6 Å². The number of phenols is 1. The largest absolute Gasteiger partial charge is 0.506 e. The van der Waals surface area contributed by atoms with Gasteiger partial charge in [0.25, 0.3) is 11.1 Å². The van der Waals surface area contributed by atoms with Crippen molar-refractivity contribution in [1.29, 1.82) is 0 Å². The number of thioether (sulfide) groups is 1. The van der Waals surface area contributed by atoms with Gasteiger partial charge in [-0.2, -0.15) is 0 Å². The highest BCUT2D eigenvalue weighted by Crippen LogP contribution is 2.35. The summed E-state index contributed by atoms with van der Waals surface area (Å²) >= 11 is 4.76. The fourth-order valence-electron chi connectivity index (χ4n) is 2.35. The minimum atomic E-state index is -0.613. The van der Waals surface area contributed by atoms with Crippen LogP contribution >= 0.6 is 56.9 Å². The van der Waals surface area contributed by atoms with Gasteiger partial charge in [0.2, 0.25) is 5.91 Å². The van der Waals surface area contributed by atoms with Crippen molar-refractivity contribution in [2.75, 3.05) is 11.9 Å². The summed E-state index contributed by atoms with van der Waals surface area (Å²) in [7, 11) is 0. The number of nitrogens with zero attached hydrogens (tertiary/aromatic N) is 1. The van der Waals surface area contributed by atoms with E-state index in [0.717, 1.165) is 8.47 Å². The number of imide groups is 1. The number of phenolic OH excluding ortho intramolecular Hbond substituents is 1. The van der Waals surface area contributed by atoms with E-state index < -0.39 is 29.4 Å². The molecule has 3 rings (SSSR count). The van der Waals surface area contributed by atoms with Crippen molar-refractivity contribution in [3.8, 4) is 5.75 Å². The molecular weight excluding hydrogens is 613 g/mol. The second kappa shape index (κ2) is 8.78. The molecule has 1 saturated heterocycles. The van der Waals surface area contributed by atoms with Crippen LogP contribution in [-0.4, -0.2) is 33.6 Å². The molecular formula is C18H11FI2N2O4S. The first kappa shape index (κ1) is 21.0. The number of carbonyl (C=O) groups is 3. The van der Waals surface area contributed by atoms with Crippen LogP contribution in [0.25, 0.3) is 6.08 Å². The highest BCUT2D eigenvalue weighted by atomic mass is 127. The number of aromatic hydroxyl groups is 1. The molecule has 0 unspecified atom stereocenters. The Hall–Kier alpha value is -1.67. The van der Waals surface area contributed by atoms with Gasteiger partial charge in [0.15, 0.2) is 0 Å². The second-order valence-corrected chi connectivity index (χ2v) is 9.05. The van der Waals surface area contributed by atoms with Gasteiger partial charge in [-0.1, -0.05) is 0 Å². The van der Waals surface area contributed by atoms with E-state index in [1.54, 1.807) is 12.1 Å². The van der Waals surface area contributed by atoms with Crippen LogP contribution in [0.5, 0.6) is 5.75 Å². The van der Waals surface area contributed by atoms with E-state index in [-0.39, 0.29) is 10.7 Å². The molecule has 2 N–H and O–H groups in total. The van der Waals surface area contributed by atoms with Gasteiger partial charge in [0.1, 0.15) is 18.1 Å². The lowest BCUT2D eigenvalue weighted by Crippen LogP contribution is -2.36. The van der Waals surface area contributed by atoms with E-state index in [9.17, 15) is 23.9 Å². The Balaban J connectivity index is 1.74. The first-order chi connectivity index (χ1) is 13.2. The lowest BCUT2D eigenvalue weighted by Gasteiger charge is -2.12. The van der Waals surface area contributed by atoms with Crippen molar-refractivity contribution < 1.29 is 23.9 Å². The molecule has 0 aliphatic carbocycles. The van der Waals surface area contributed by atoms with Crippen LogP contribution in [0.3, 0.4) is 0 Å². The summed E-state index contributed by atoms with van der Waals surface area (Å²) in [4.78, 5) is 37.8. The van der Waals surface area contributed by atoms with Gasteiger partial charge >= 0.3 is 0 Å². The molecule has 0 radical (unpaired) electrons. The summed E-state index contributed by atoms with van der Waals surface area (Å²) in [6.07, 6.45) is 1.43. The van der Waals surface area contributed by atoms with E-state index in [0.29, 0.717) is 26.6 Å². The monoisotopic (exact) mass is 624 g/mol. The zero-order valence-electron chi connectivity index (χ0n) is 13.9. The average Bonchev–Trinajstić information content (AvgIpc) is 2.88. The quantitative estimate of drug-likeness (QED) is 0.389. The van der Waals surface area contributed by atoms with Crippen LogP contribution in [0.1, 0.15) is 5.56 Å². The van der Waals surface area contributed by atoms with Crippen molar-refractivity contribution in [2.24, 2.45) is 0 Å².